The number of nitrogens with one attached hydrogen (secondary N) is 3. The Labute approximate surface area is 423 Å². The minimum atomic E-state index is -5.08. The highest BCUT2D eigenvalue weighted by Crippen LogP contribution is 2.39. The highest BCUT2D eigenvalue weighted by atomic mass is 32.1. The van der Waals surface area contributed by atoms with Crippen LogP contribution in [0.15, 0.2) is 42.9 Å². The van der Waals surface area contributed by atoms with Crippen LogP contribution >= 0.6 is 20.5 Å². The number of imidazole rings is 1. The Hall–Kier alpha value is -4.50. The first-order valence-electron chi connectivity index (χ1n) is 25.0. The molecule has 0 radical (unpaired) electrons. The number of hydrogen-bond donors (Lipinski definition) is 9. The van der Waals surface area contributed by atoms with E-state index in [0.717, 1.165) is 51.9 Å². The molecule has 0 saturated carbocycles. The SMILES string of the molecule is CC(C)C[C@H](NC(=O)[C@@H]1CCCN1C(=O)CCCCCNC(=O)[C@@H](N)CS)C(=O)C[C@@H](Cc1cncn1CCCCCCCCc1ccccc1)C(=O)N[C@@H](CO)C(=O)C[C@H](C(N)=O)[C@@H](C)OP(=O)(O)O. The lowest BCUT2D eigenvalue weighted by Crippen LogP contribution is -2.52. The van der Waals surface area contributed by atoms with E-state index in [1.807, 2.05) is 36.6 Å². The summed E-state index contributed by atoms with van der Waals surface area (Å²) in [7, 11) is -5.08. The van der Waals surface area contributed by atoms with E-state index in [1.54, 1.807) is 12.5 Å². The maximum Gasteiger partial charge on any atom is 0.469 e. The molecule has 7 atom stereocenters. The summed E-state index contributed by atoms with van der Waals surface area (Å²) >= 11 is 4.03. The number of carbonyl (C=O) groups excluding carboxylic acids is 7. The molecule has 10 N–H and O–H groups in total. The van der Waals surface area contributed by atoms with Crippen molar-refractivity contribution < 1.29 is 57.5 Å². The second-order valence-electron chi connectivity index (χ2n) is 19.1. The summed E-state index contributed by atoms with van der Waals surface area (Å²) in [5, 5.41) is 18.5. The second-order valence-corrected chi connectivity index (χ2v) is 20.6. The van der Waals surface area contributed by atoms with E-state index in [4.69, 9.17) is 11.5 Å². The predicted octanol–water partition coefficient (Wildman–Crippen LogP) is 3.08. The van der Waals surface area contributed by atoms with E-state index < -0.39 is 98.7 Å². The van der Waals surface area contributed by atoms with E-state index in [1.165, 1.54) is 10.5 Å². The molecule has 0 unspecified atom stereocenters. The molecule has 20 nitrogen and oxygen atoms in total. The van der Waals surface area contributed by atoms with Crippen LogP contribution in [0.2, 0.25) is 0 Å². The maximum absolute atomic E-state index is 14.4. The number of amides is 5. The molecule has 1 fully saturated rings. The van der Waals surface area contributed by atoms with Crippen molar-refractivity contribution in [3.63, 3.8) is 0 Å². The van der Waals surface area contributed by atoms with Crippen molar-refractivity contribution in [2.75, 3.05) is 25.4 Å². The van der Waals surface area contributed by atoms with Crippen molar-refractivity contribution in [2.45, 2.75) is 167 Å². The van der Waals surface area contributed by atoms with Gasteiger partial charge in [0.25, 0.3) is 0 Å². The van der Waals surface area contributed by atoms with Gasteiger partial charge in [-0.3, -0.25) is 38.1 Å². The lowest BCUT2D eigenvalue weighted by Gasteiger charge is -2.28. The number of benzene rings is 1. The number of thiol groups is 1. The average molecular weight is 1040 g/mol. The molecule has 398 valence electrons. The van der Waals surface area contributed by atoms with Crippen molar-refractivity contribution in [3.05, 3.63) is 54.1 Å². The van der Waals surface area contributed by atoms with Gasteiger partial charge in [0.05, 0.1) is 43.0 Å². The van der Waals surface area contributed by atoms with Gasteiger partial charge in [0.15, 0.2) is 11.6 Å². The molecule has 0 bridgehead atoms. The molecule has 3 rings (SSSR count). The Morgan fingerprint density at radius 1 is 0.887 bits per heavy atom. The lowest BCUT2D eigenvalue weighted by atomic mass is 9.89. The van der Waals surface area contributed by atoms with Gasteiger partial charge in [0, 0.05) is 63.0 Å². The molecular weight excluding hydrogens is 956 g/mol. The molecule has 1 aromatic carbocycles. The quantitative estimate of drug-likeness (QED) is 0.0269. The average Bonchev–Trinajstić information content (AvgIpc) is 4.00. The number of nitrogens with two attached hydrogens (primary N) is 2. The Bertz CT molecular complexity index is 2060. The number of unbranched alkanes of at least 4 members (excludes halogenated alkanes) is 7. The Morgan fingerprint density at radius 3 is 2.20 bits per heavy atom. The van der Waals surface area contributed by atoms with Gasteiger partial charge in [-0.2, -0.15) is 12.6 Å². The van der Waals surface area contributed by atoms with Gasteiger partial charge in [-0.1, -0.05) is 76.3 Å². The van der Waals surface area contributed by atoms with Crippen molar-refractivity contribution in [2.24, 2.45) is 29.2 Å². The third-order valence-corrected chi connectivity index (χ3v) is 13.8. The number of aliphatic hydroxyl groups excluding tert-OH is 1. The first kappa shape index (κ1) is 60.8. The van der Waals surface area contributed by atoms with E-state index in [-0.39, 0.29) is 42.7 Å². The van der Waals surface area contributed by atoms with E-state index >= 15 is 0 Å². The Kier molecular flexibility index (Phi) is 27.3. The summed E-state index contributed by atoms with van der Waals surface area (Å²) in [4.78, 5) is 118. The van der Waals surface area contributed by atoms with E-state index in [0.29, 0.717) is 57.4 Å². The zero-order chi connectivity index (χ0) is 52.5. The zero-order valence-corrected chi connectivity index (χ0v) is 43.4. The number of likely N-dealkylation sites (tertiary alicyclic amines) is 1. The summed E-state index contributed by atoms with van der Waals surface area (Å²) in [6.07, 6.45) is 11.1. The zero-order valence-electron chi connectivity index (χ0n) is 41.6. The molecule has 22 heteroatoms. The monoisotopic (exact) mass is 1030 g/mol. The fourth-order valence-corrected chi connectivity index (χ4v) is 9.48. The topological polar surface area (TPSA) is 316 Å². The molecule has 5 amide bonds. The molecule has 2 heterocycles. The summed E-state index contributed by atoms with van der Waals surface area (Å²) in [5.41, 5.74) is 13.1. The summed E-state index contributed by atoms with van der Waals surface area (Å²) in [5.74, 6) is -6.71. The van der Waals surface area contributed by atoms with Crippen LogP contribution in [0.1, 0.15) is 128 Å². The van der Waals surface area contributed by atoms with E-state index in [9.17, 15) is 53.0 Å². The number of aryl methyl sites for hydroxylation is 2. The van der Waals surface area contributed by atoms with Crippen LogP contribution < -0.4 is 27.4 Å². The number of phosphoric acid groups is 1. The van der Waals surface area contributed by atoms with Crippen LogP contribution in [-0.4, -0.2) is 126 Å². The Morgan fingerprint density at radius 2 is 1.55 bits per heavy atom. The number of rotatable bonds is 36. The molecule has 71 heavy (non-hydrogen) atoms. The third kappa shape index (κ3) is 22.4. The number of primary amides is 1. The number of Topliss-reactive ketones (excluding diaryl/α,β-unsaturated/α-hetero) is 2. The number of aliphatic hydroxyl groups is 1. The number of hydrogen-bond acceptors (Lipinski definition) is 13. The first-order chi connectivity index (χ1) is 33.7. The molecule has 0 aliphatic carbocycles. The number of carbonyl (C=O) groups is 7. The molecule has 1 aliphatic heterocycles. The smallest absolute Gasteiger partial charge is 0.394 e. The lowest BCUT2D eigenvalue weighted by molar-refractivity contribution is -0.140. The second kappa shape index (κ2) is 31.8. The maximum atomic E-state index is 14.4. The van der Waals surface area contributed by atoms with Crippen LogP contribution in [0.4, 0.5) is 0 Å². The van der Waals surface area contributed by atoms with Crippen LogP contribution in [0, 0.1) is 17.8 Å². The Balaban J connectivity index is 1.74. The minimum Gasteiger partial charge on any atom is -0.394 e. The van der Waals surface area contributed by atoms with Gasteiger partial charge in [0.2, 0.25) is 29.5 Å². The molecule has 2 aromatic rings. The molecule has 1 aliphatic rings. The highest BCUT2D eigenvalue weighted by molar-refractivity contribution is 7.80. The van der Waals surface area contributed by atoms with Crippen molar-refractivity contribution in [3.8, 4) is 0 Å². The summed E-state index contributed by atoms with van der Waals surface area (Å²) < 4.78 is 18.0. The minimum absolute atomic E-state index is 0.0106. The van der Waals surface area contributed by atoms with Gasteiger partial charge in [-0.15, -0.1) is 0 Å². The fourth-order valence-electron chi connectivity index (χ4n) is 8.74. The van der Waals surface area contributed by atoms with Gasteiger partial charge in [-0.25, -0.2) is 9.55 Å². The van der Waals surface area contributed by atoms with Crippen molar-refractivity contribution in [1.82, 2.24) is 30.4 Å². The number of aromatic nitrogens is 2. The van der Waals surface area contributed by atoms with Gasteiger partial charge in [0.1, 0.15) is 12.1 Å². The third-order valence-electron chi connectivity index (χ3n) is 12.8. The summed E-state index contributed by atoms with van der Waals surface area (Å²) in [6, 6.07) is 6.24. The van der Waals surface area contributed by atoms with Gasteiger partial charge < -0.3 is 51.8 Å². The molecule has 0 spiro atoms. The normalized spacial score (nSPS) is 16.4. The summed E-state index contributed by atoms with van der Waals surface area (Å²) in [6.45, 7) is 5.38. The number of phosphoric ester groups is 1. The fraction of sp³-hybridized carbons (Fsp3) is 0.673. The van der Waals surface area contributed by atoms with Crippen molar-refractivity contribution >= 4 is 61.6 Å². The standard InChI is InChI=1S/C49H79N8O12PS/c1-33(2)25-40(54-49(65)42-20-16-24-57(42)45(61)21-13-9-14-22-53-48(64)39(50)31-71)43(59)27-36(47(63)55-41(30-58)44(60)28-38(46(51)62)34(3)69-70(66,67)68)26-37-29-52-32-56(37)23-15-7-5-4-6-10-17-35-18-11-8-12-19-35/h8,11-12,18-19,29,32-34,36,38-42,58,71H,4-7,9-10,13-17,20-28,30-31,50H2,1-3H3,(H2,51,62)(H,53,64)(H,54,65)(H,55,63)(H2,66,67,68)/t34-,36-,38+,39+,40+,41+,42+/m1/s1. The van der Waals surface area contributed by atoms with Crippen LogP contribution in [0.3, 0.4) is 0 Å². The van der Waals surface area contributed by atoms with Crippen molar-refractivity contribution in [1.29, 1.82) is 0 Å². The predicted molar refractivity (Wildman–Crippen MR) is 270 cm³/mol. The van der Waals surface area contributed by atoms with E-state index in [2.05, 4.69) is 50.2 Å². The van der Waals surface area contributed by atoms with Gasteiger partial charge >= 0.3 is 7.82 Å². The largest absolute Gasteiger partial charge is 0.469 e. The van der Waals surface area contributed by atoms with Crippen LogP contribution in [-0.2, 0) is 62.0 Å². The number of nitrogens with zero attached hydrogens (tertiary/aromatic N) is 3. The molecule has 1 saturated heterocycles. The van der Waals surface area contributed by atoms with Gasteiger partial charge in [-0.05, 0) is 69.8 Å². The van der Waals surface area contributed by atoms with Crippen LogP contribution in [0.5, 0.6) is 0 Å². The highest BCUT2D eigenvalue weighted by Gasteiger charge is 2.38. The molecule has 1 aromatic heterocycles. The number of ketones is 2. The van der Waals surface area contributed by atoms with Crippen LogP contribution in [0.25, 0.3) is 0 Å². The molecular formula is C49H79N8O12PS. The first-order valence-corrected chi connectivity index (χ1v) is 27.2.